The number of carbonyl (C=O) groups excluding carboxylic acids is 2. The van der Waals surface area contributed by atoms with Gasteiger partial charge < -0.3 is 10.2 Å². The number of hydrogen-bond donors (Lipinski definition) is 1. The number of nitrogens with zero attached hydrogens (tertiary/aromatic N) is 2. The third-order valence-corrected chi connectivity index (χ3v) is 8.73. The molecule has 2 fully saturated rings. The first-order chi connectivity index (χ1) is 14.9. The van der Waals surface area contributed by atoms with Crippen LogP contribution < -0.4 is 5.32 Å². The van der Waals surface area contributed by atoms with Crippen LogP contribution in [0, 0.1) is 5.92 Å². The normalized spacial score (nSPS) is 18.6. The maximum Gasteiger partial charge on any atom is 0.263 e. The topological polar surface area (TPSA) is 86.8 Å². The Balaban J connectivity index is 1.31. The molecule has 1 aromatic carbocycles. The van der Waals surface area contributed by atoms with Crippen LogP contribution in [-0.2, 0) is 14.8 Å². The van der Waals surface area contributed by atoms with Crippen molar-refractivity contribution in [3.8, 4) is 0 Å². The summed E-state index contributed by atoms with van der Waals surface area (Å²) in [5, 5.41) is 4.78. The second-order valence-electron chi connectivity index (χ2n) is 8.02. The number of hydrogen-bond acceptors (Lipinski definition) is 5. The molecular formula is C22H27N3O4S2. The number of carbonyl (C=O) groups is 2. The lowest BCUT2D eigenvalue weighted by Crippen LogP contribution is -2.41. The van der Waals surface area contributed by atoms with Crippen LogP contribution in [0.3, 0.4) is 0 Å². The van der Waals surface area contributed by atoms with E-state index in [0.29, 0.717) is 44.7 Å². The quantitative estimate of drug-likeness (QED) is 0.739. The Morgan fingerprint density at radius 1 is 0.935 bits per heavy atom. The second-order valence-corrected chi connectivity index (χ2v) is 10.9. The molecule has 1 aromatic heterocycles. The van der Waals surface area contributed by atoms with Gasteiger partial charge in [0.2, 0.25) is 15.9 Å². The summed E-state index contributed by atoms with van der Waals surface area (Å²) in [5.41, 5.74) is 0.583. The first kappa shape index (κ1) is 22.0. The Bertz CT molecular complexity index is 1010. The van der Waals surface area contributed by atoms with E-state index in [4.69, 9.17) is 0 Å². The van der Waals surface area contributed by atoms with Gasteiger partial charge in [-0.25, -0.2) is 8.42 Å². The van der Waals surface area contributed by atoms with Gasteiger partial charge in [0.1, 0.15) is 0 Å². The van der Waals surface area contributed by atoms with Gasteiger partial charge in [-0.1, -0.05) is 12.5 Å². The lowest BCUT2D eigenvalue weighted by atomic mass is 9.95. The molecule has 0 saturated carbocycles. The van der Waals surface area contributed by atoms with Crippen molar-refractivity contribution in [3.05, 3.63) is 46.7 Å². The van der Waals surface area contributed by atoms with E-state index in [1.807, 2.05) is 17.5 Å². The van der Waals surface area contributed by atoms with Crippen LogP contribution in [0.4, 0.5) is 5.69 Å². The van der Waals surface area contributed by atoms with Crippen molar-refractivity contribution < 1.29 is 18.0 Å². The molecule has 1 N–H and O–H groups in total. The maximum absolute atomic E-state index is 12.7. The van der Waals surface area contributed by atoms with Gasteiger partial charge in [0.25, 0.3) is 5.91 Å². The second kappa shape index (κ2) is 9.50. The number of amides is 2. The number of nitrogens with one attached hydrogen (secondary N) is 1. The molecule has 2 aromatic rings. The number of likely N-dealkylation sites (tertiary alicyclic amines) is 1. The third kappa shape index (κ3) is 4.99. The summed E-state index contributed by atoms with van der Waals surface area (Å²) in [7, 11) is -3.48. The van der Waals surface area contributed by atoms with Crippen molar-refractivity contribution in [2.75, 3.05) is 31.5 Å². The lowest BCUT2D eigenvalue weighted by molar-refractivity contribution is -0.121. The monoisotopic (exact) mass is 461 g/mol. The summed E-state index contributed by atoms with van der Waals surface area (Å²) in [6.07, 6.45) is 4.09. The van der Waals surface area contributed by atoms with Crippen molar-refractivity contribution in [1.82, 2.24) is 9.21 Å². The summed E-state index contributed by atoms with van der Waals surface area (Å²) in [4.78, 5) is 27.9. The Kier molecular flexibility index (Phi) is 6.74. The zero-order chi connectivity index (χ0) is 21.8. The molecule has 0 spiro atoms. The summed E-state index contributed by atoms with van der Waals surface area (Å²) >= 11 is 1.43. The molecule has 31 heavy (non-hydrogen) atoms. The minimum Gasteiger partial charge on any atom is -0.338 e. The highest BCUT2D eigenvalue weighted by Gasteiger charge is 2.29. The first-order valence-corrected chi connectivity index (χ1v) is 13.0. The molecule has 9 heteroatoms. The lowest BCUT2D eigenvalue weighted by Gasteiger charge is -2.31. The van der Waals surface area contributed by atoms with Gasteiger partial charge in [-0.2, -0.15) is 4.31 Å². The van der Waals surface area contributed by atoms with Gasteiger partial charge in [-0.3, -0.25) is 9.59 Å². The minimum atomic E-state index is -3.48. The third-order valence-electron chi connectivity index (χ3n) is 5.96. The summed E-state index contributed by atoms with van der Waals surface area (Å²) < 4.78 is 27.0. The van der Waals surface area contributed by atoms with Crippen LogP contribution >= 0.6 is 11.3 Å². The van der Waals surface area contributed by atoms with E-state index in [1.54, 1.807) is 29.2 Å². The fraction of sp³-hybridized carbons (Fsp3) is 0.455. The molecular weight excluding hydrogens is 434 g/mol. The van der Waals surface area contributed by atoms with Crippen molar-refractivity contribution in [2.24, 2.45) is 5.92 Å². The van der Waals surface area contributed by atoms with Crippen LogP contribution in [-0.4, -0.2) is 55.6 Å². The molecule has 166 valence electrons. The summed E-state index contributed by atoms with van der Waals surface area (Å²) in [6, 6.07) is 10.1. The summed E-state index contributed by atoms with van der Waals surface area (Å²) in [6.45, 7) is 2.24. The average molecular weight is 462 g/mol. The molecule has 2 aliphatic heterocycles. The highest BCUT2D eigenvalue weighted by atomic mass is 32.2. The molecule has 0 aliphatic carbocycles. The molecule has 3 heterocycles. The Hall–Kier alpha value is -2.23. The van der Waals surface area contributed by atoms with Crippen LogP contribution in [0.2, 0.25) is 0 Å². The number of rotatable bonds is 5. The van der Waals surface area contributed by atoms with E-state index >= 15 is 0 Å². The Morgan fingerprint density at radius 2 is 1.61 bits per heavy atom. The summed E-state index contributed by atoms with van der Waals surface area (Å²) in [5.74, 6) is -0.224. The van der Waals surface area contributed by atoms with E-state index < -0.39 is 10.0 Å². The van der Waals surface area contributed by atoms with Crippen molar-refractivity contribution in [2.45, 2.75) is 37.0 Å². The molecule has 0 radical (unpaired) electrons. The number of sulfonamides is 1. The first-order valence-electron chi connectivity index (χ1n) is 10.7. The van der Waals surface area contributed by atoms with Crippen molar-refractivity contribution in [1.29, 1.82) is 0 Å². The van der Waals surface area contributed by atoms with Crippen LogP contribution in [0.15, 0.2) is 46.7 Å². The standard InChI is InChI=1S/C22H27N3O4S2/c26-21(17-10-14-24(15-11-17)22(27)20-5-4-16-30-20)23-18-6-8-19(9-7-18)31(28,29)25-12-2-1-3-13-25/h4-9,16-17H,1-3,10-15H2,(H,23,26). The van der Waals surface area contributed by atoms with Gasteiger partial charge in [-0.05, 0) is 61.4 Å². The van der Waals surface area contributed by atoms with Gasteiger partial charge in [-0.15, -0.1) is 11.3 Å². The van der Waals surface area contributed by atoms with Crippen LogP contribution in [0.25, 0.3) is 0 Å². The highest BCUT2D eigenvalue weighted by molar-refractivity contribution is 7.89. The largest absolute Gasteiger partial charge is 0.338 e. The fourth-order valence-electron chi connectivity index (χ4n) is 4.11. The van der Waals surface area contributed by atoms with E-state index in [1.165, 1.54) is 15.6 Å². The van der Waals surface area contributed by atoms with E-state index in [-0.39, 0.29) is 22.6 Å². The molecule has 7 nitrogen and oxygen atoms in total. The molecule has 0 atom stereocenters. The fourth-order valence-corrected chi connectivity index (χ4v) is 6.32. The van der Waals surface area contributed by atoms with Gasteiger partial charge in [0, 0.05) is 37.8 Å². The predicted molar refractivity (Wildman–Crippen MR) is 121 cm³/mol. The van der Waals surface area contributed by atoms with E-state index in [2.05, 4.69) is 5.32 Å². The number of anilines is 1. The zero-order valence-corrected chi connectivity index (χ0v) is 19.0. The van der Waals surface area contributed by atoms with Crippen molar-refractivity contribution in [3.63, 3.8) is 0 Å². The smallest absolute Gasteiger partial charge is 0.263 e. The molecule has 0 bridgehead atoms. The molecule has 2 amide bonds. The van der Waals surface area contributed by atoms with Gasteiger partial charge >= 0.3 is 0 Å². The predicted octanol–water partition coefficient (Wildman–Crippen LogP) is 3.41. The number of piperidine rings is 2. The molecule has 4 rings (SSSR count). The molecule has 0 unspecified atom stereocenters. The molecule has 2 aliphatic rings. The highest BCUT2D eigenvalue weighted by Crippen LogP contribution is 2.24. The zero-order valence-electron chi connectivity index (χ0n) is 17.3. The maximum atomic E-state index is 12.7. The average Bonchev–Trinajstić information content (AvgIpc) is 3.35. The Labute approximate surface area is 187 Å². The van der Waals surface area contributed by atoms with E-state index in [9.17, 15) is 18.0 Å². The van der Waals surface area contributed by atoms with Crippen LogP contribution in [0.5, 0.6) is 0 Å². The Morgan fingerprint density at radius 3 is 2.23 bits per heavy atom. The number of benzene rings is 1. The molecule has 2 saturated heterocycles. The van der Waals surface area contributed by atoms with Gasteiger partial charge in [0.05, 0.1) is 9.77 Å². The van der Waals surface area contributed by atoms with E-state index in [0.717, 1.165) is 24.1 Å². The van der Waals surface area contributed by atoms with Crippen molar-refractivity contribution >= 4 is 38.9 Å². The van der Waals surface area contributed by atoms with Crippen LogP contribution in [0.1, 0.15) is 41.8 Å². The van der Waals surface area contributed by atoms with Gasteiger partial charge in [0.15, 0.2) is 0 Å². The SMILES string of the molecule is O=C(Nc1ccc(S(=O)(=O)N2CCCCC2)cc1)C1CCN(C(=O)c2cccs2)CC1. The minimum absolute atomic E-state index is 0.0272. The number of thiophene rings is 1.